The van der Waals surface area contributed by atoms with Gasteiger partial charge in [0.1, 0.15) is 25.3 Å². The smallest absolute Gasteiger partial charge is 0.364 e. The summed E-state index contributed by atoms with van der Waals surface area (Å²) < 4.78 is 43.2. The fourth-order valence-electron chi connectivity index (χ4n) is 2.85. The fourth-order valence-corrected chi connectivity index (χ4v) is 2.85. The molecule has 1 unspecified atom stereocenters. The largest absolute Gasteiger partial charge is 0.416 e. The number of carbonyl (C=O) groups is 1. The maximum absolute atomic E-state index is 12.5. The Hall–Kier alpha value is -1.60. The molecule has 0 aromatic heterocycles. The maximum Gasteiger partial charge on any atom is 0.416 e. The van der Waals surface area contributed by atoms with Crippen molar-refractivity contribution < 1.29 is 27.6 Å². The molecule has 1 fully saturated rings. The van der Waals surface area contributed by atoms with Gasteiger partial charge in [0, 0.05) is 5.69 Å². The molecule has 23 heavy (non-hydrogen) atoms. The van der Waals surface area contributed by atoms with Crippen LogP contribution in [0.25, 0.3) is 0 Å². The van der Waals surface area contributed by atoms with Gasteiger partial charge < -0.3 is 15.0 Å². The summed E-state index contributed by atoms with van der Waals surface area (Å²) in [4.78, 5) is 13.4. The molecule has 1 heterocycles. The summed E-state index contributed by atoms with van der Waals surface area (Å²) in [5.74, 6) is -0.207. The Morgan fingerprint density at radius 1 is 1.22 bits per heavy atom. The summed E-state index contributed by atoms with van der Waals surface area (Å²) in [6.07, 6.45) is -4.22. The molecule has 1 aromatic rings. The summed E-state index contributed by atoms with van der Waals surface area (Å²) in [5.41, 5.74) is -0.367. The molecular formula is C16H22F3N2O2+. The molecule has 1 aromatic carbocycles. The predicted octanol–water partition coefficient (Wildman–Crippen LogP) is 1.72. The number of halogens is 3. The summed E-state index contributed by atoms with van der Waals surface area (Å²) in [5, 5.41) is 2.68. The van der Waals surface area contributed by atoms with Crippen LogP contribution in [0.3, 0.4) is 0 Å². The van der Waals surface area contributed by atoms with Crippen molar-refractivity contribution in [3.63, 3.8) is 0 Å². The third-order valence-corrected chi connectivity index (χ3v) is 4.05. The van der Waals surface area contributed by atoms with Gasteiger partial charge in [0.05, 0.1) is 5.56 Å². The molecule has 1 aliphatic rings. The van der Waals surface area contributed by atoms with E-state index in [2.05, 4.69) is 5.32 Å². The van der Waals surface area contributed by atoms with Crippen LogP contribution in [0.2, 0.25) is 0 Å². The number of rotatable bonds is 3. The van der Waals surface area contributed by atoms with Gasteiger partial charge in [-0.05, 0) is 45.0 Å². The molecule has 128 valence electrons. The van der Waals surface area contributed by atoms with E-state index in [0.29, 0.717) is 5.69 Å². The molecule has 0 spiro atoms. The van der Waals surface area contributed by atoms with E-state index in [1.54, 1.807) is 0 Å². The lowest BCUT2D eigenvalue weighted by molar-refractivity contribution is -0.928. The van der Waals surface area contributed by atoms with Gasteiger partial charge in [0.2, 0.25) is 0 Å². The molecule has 4 atom stereocenters. The topological polar surface area (TPSA) is 42.8 Å². The fraction of sp³-hybridized carbons (Fsp3) is 0.562. The highest BCUT2D eigenvalue weighted by atomic mass is 19.4. The molecule has 0 saturated carbocycles. The number of anilines is 1. The minimum Gasteiger partial charge on any atom is -0.364 e. The molecule has 4 nitrogen and oxygen atoms in total. The van der Waals surface area contributed by atoms with Gasteiger partial charge in [-0.2, -0.15) is 13.2 Å². The van der Waals surface area contributed by atoms with Crippen LogP contribution in [-0.4, -0.2) is 37.2 Å². The summed E-state index contributed by atoms with van der Waals surface area (Å²) >= 11 is 0. The van der Waals surface area contributed by atoms with Gasteiger partial charge in [-0.15, -0.1) is 0 Å². The number of hydrogen-bond donors (Lipinski definition) is 2. The van der Waals surface area contributed by atoms with Crippen molar-refractivity contribution in [1.82, 2.24) is 0 Å². The third-order valence-electron chi connectivity index (χ3n) is 4.05. The molecule has 2 rings (SSSR count). The number of nitrogens with one attached hydrogen (secondary N) is 2. The predicted molar refractivity (Wildman–Crippen MR) is 80.2 cm³/mol. The molecule has 1 saturated heterocycles. The van der Waals surface area contributed by atoms with Crippen LogP contribution >= 0.6 is 0 Å². The third kappa shape index (κ3) is 4.68. The number of amides is 1. The Balaban J connectivity index is 1.98. The number of alkyl halides is 3. The second-order valence-corrected chi connectivity index (χ2v) is 6.11. The summed E-state index contributed by atoms with van der Waals surface area (Å²) in [6, 6.07) is 4.17. The van der Waals surface area contributed by atoms with E-state index in [0.717, 1.165) is 30.1 Å². The molecule has 7 heteroatoms. The van der Waals surface area contributed by atoms with Crippen LogP contribution in [0.5, 0.6) is 0 Å². The van der Waals surface area contributed by atoms with Crippen molar-refractivity contribution in [3.05, 3.63) is 29.8 Å². The first kappa shape index (κ1) is 17.7. The lowest BCUT2D eigenvalue weighted by Gasteiger charge is -2.35. The zero-order valence-electron chi connectivity index (χ0n) is 13.4. The van der Waals surface area contributed by atoms with Crippen LogP contribution in [0.1, 0.15) is 26.3 Å². The average Bonchev–Trinajstić information content (AvgIpc) is 2.45. The first-order valence-corrected chi connectivity index (χ1v) is 7.65. The van der Waals surface area contributed by atoms with Crippen LogP contribution in [-0.2, 0) is 15.7 Å². The first-order valence-electron chi connectivity index (χ1n) is 7.65. The van der Waals surface area contributed by atoms with Crippen LogP contribution in [0.4, 0.5) is 18.9 Å². The van der Waals surface area contributed by atoms with Crippen molar-refractivity contribution in [2.75, 3.05) is 18.4 Å². The van der Waals surface area contributed by atoms with Gasteiger partial charge >= 0.3 is 6.18 Å². The zero-order valence-corrected chi connectivity index (χ0v) is 13.4. The van der Waals surface area contributed by atoms with Crippen LogP contribution < -0.4 is 10.2 Å². The molecular weight excluding hydrogens is 309 g/mol. The van der Waals surface area contributed by atoms with Gasteiger partial charge in [-0.3, -0.25) is 4.79 Å². The van der Waals surface area contributed by atoms with E-state index in [1.807, 2.05) is 20.8 Å². The highest BCUT2D eigenvalue weighted by molar-refractivity contribution is 5.93. The molecule has 1 aliphatic heterocycles. The van der Waals surface area contributed by atoms with Crippen molar-refractivity contribution in [3.8, 4) is 0 Å². The molecule has 2 N–H and O–H groups in total. The second-order valence-electron chi connectivity index (χ2n) is 6.11. The quantitative estimate of drug-likeness (QED) is 0.886. The lowest BCUT2D eigenvalue weighted by atomic mass is 10.1. The number of quaternary nitrogens is 1. The molecule has 0 radical (unpaired) electrons. The Morgan fingerprint density at radius 3 is 2.22 bits per heavy atom. The maximum atomic E-state index is 12.5. The number of benzene rings is 1. The zero-order chi connectivity index (χ0) is 17.2. The Morgan fingerprint density at radius 2 is 1.74 bits per heavy atom. The van der Waals surface area contributed by atoms with Gasteiger partial charge in [0.15, 0.2) is 6.04 Å². The average molecular weight is 331 g/mol. The normalized spacial score (nSPS) is 26.6. The number of ether oxygens (including phenoxy) is 1. The SMILES string of the molecule is C[C@@H]1C[NH+]([C@@H](C)C(=O)Nc2ccc(C(F)(F)F)cc2)C[C@H](C)O1. The second kappa shape index (κ2) is 6.88. The molecule has 0 bridgehead atoms. The van der Waals surface area contributed by atoms with Crippen LogP contribution in [0, 0.1) is 0 Å². The van der Waals surface area contributed by atoms with Crippen molar-refractivity contribution in [2.24, 2.45) is 0 Å². The minimum atomic E-state index is -4.37. The lowest BCUT2D eigenvalue weighted by Crippen LogP contribution is -3.19. The molecule has 0 aliphatic carbocycles. The van der Waals surface area contributed by atoms with E-state index in [9.17, 15) is 18.0 Å². The Kier molecular flexibility index (Phi) is 5.31. The monoisotopic (exact) mass is 331 g/mol. The number of carbonyl (C=O) groups excluding carboxylic acids is 1. The van der Waals surface area contributed by atoms with Crippen molar-refractivity contribution in [2.45, 2.75) is 45.2 Å². The minimum absolute atomic E-state index is 0.0788. The standard InChI is InChI=1S/C16H21F3N2O2/c1-10-8-21(9-11(2)23-10)12(3)15(22)20-14-6-4-13(5-7-14)16(17,18)19/h4-7,10-12H,8-9H2,1-3H3,(H,20,22)/p+1/t10-,11+,12-/m0/s1. The Bertz CT molecular complexity index is 535. The van der Waals surface area contributed by atoms with Gasteiger partial charge in [-0.1, -0.05) is 0 Å². The van der Waals surface area contributed by atoms with Gasteiger partial charge in [0.25, 0.3) is 5.91 Å². The van der Waals surface area contributed by atoms with E-state index in [4.69, 9.17) is 4.74 Å². The van der Waals surface area contributed by atoms with Gasteiger partial charge in [-0.25, -0.2) is 0 Å². The summed E-state index contributed by atoms with van der Waals surface area (Å²) in [7, 11) is 0. The van der Waals surface area contributed by atoms with Crippen molar-refractivity contribution in [1.29, 1.82) is 0 Å². The van der Waals surface area contributed by atoms with Crippen molar-refractivity contribution >= 4 is 11.6 Å². The van der Waals surface area contributed by atoms with E-state index in [1.165, 1.54) is 12.1 Å². The van der Waals surface area contributed by atoms with E-state index < -0.39 is 11.7 Å². The number of hydrogen-bond acceptors (Lipinski definition) is 2. The Labute approximate surface area is 133 Å². The number of morpholine rings is 1. The molecule has 1 amide bonds. The van der Waals surface area contributed by atoms with E-state index >= 15 is 0 Å². The highest BCUT2D eigenvalue weighted by Crippen LogP contribution is 2.29. The first-order chi connectivity index (χ1) is 10.7. The highest BCUT2D eigenvalue weighted by Gasteiger charge is 2.33. The summed E-state index contributed by atoms with van der Waals surface area (Å²) in [6.45, 7) is 7.21. The van der Waals surface area contributed by atoms with Crippen LogP contribution in [0.15, 0.2) is 24.3 Å². The van der Waals surface area contributed by atoms with E-state index in [-0.39, 0.29) is 24.2 Å².